The predicted octanol–water partition coefficient (Wildman–Crippen LogP) is 4.15. The van der Waals surface area contributed by atoms with Crippen molar-refractivity contribution in [2.75, 3.05) is 0 Å². The van der Waals surface area contributed by atoms with Gasteiger partial charge in [0.05, 0.1) is 22.6 Å². The Bertz CT molecular complexity index is 1110. The minimum atomic E-state index is -1.62. The van der Waals surface area contributed by atoms with Gasteiger partial charge < -0.3 is 20.1 Å². The molecule has 170 valence electrons. The quantitative estimate of drug-likeness (QED) is 0.398. The van der Waals surface area contributed by atoms with Crippen molar-refractivity contribution in [3.05, 3.63) is 58.2 Å². The average Bonchev–Trinajstić information content (AvgIpc) is 2.72. The molecule has 3 N–H and O–H groups in total. The number of hydrogen-bond acceptors (Lipinski definition) is 6. The Balaban J connectivity index is 2.04. The number of hydrogen-bond donors (Lipinski definition) is 3. The van der Waals surface area contributed by atoms with Crippen molar-refractivity contribution >= 4 is 23.2 Å². The summed E-state index contributed by atoms with van der Waals surface area (Å²) in [5, 5.41) is 31.4. The van der Waals surface area contributed by atoms with Crippen molar-refractivity contribution in [3.8, 4) is 11.5 Å². The van der Waals surface area contributed by atoms with Gasteiger partial charge in [-0.15, -0.1) is 11.6 Å². The van der Waals surface area contributed by atoms with Gasteiger partial charge in [-0.05, 0) is 45.3 Å². The van der Waals surface area contributed by atoms with Crippen LogP contribution in [0.4, 0.5) is 0 Å². The summed E-state index contributed by atoms with van der Waals surface area (Å²) in [6, 6.07) is 1.20. The lowest BCUT2D eigenvalue weighted by Gasteiger charge is -2.48. The first-order chi connectivity index (χ1) is 14.9. The molecule has 32 heavy (non-hydrogen) atoms. The Kier molecular flexibility index (Phi) is 5.39. The summed E-state index contributed by atoms with van der Waals surface area (Å²) in [6.07, 6.45) is 3.52. The molecule has 3 unspecified atom stereocenters. The normalized spacial score (nSPS) is 30.0. The van der Waals surface area contributed by atoms with E-state index < -0.39 is 40.0 Å². The maximum atomic E-state index is 13.8. The molecule has 0 amide bonds. The first-order valence-corrected chi connectivity index (χ1v) is 11.1. The van der Waals surface area contributed by atoms with Gasteiger partial charge in [0.15, 0.2) is 11.4 Å². The van der Waals surface area contributed by atoms with E-state index in [-0.39, 0.29) is 40.9 Å². The summed E-state index contributed by atoms with van der Waals surface area (Å²) in [6.45, 7) is 9.29. The van der Waals surface area contributed by atoms with Crippen LogP contribution in [0, 0.1) is 0 Å². The zero-order chi connectivity index (χ0) is 23.6. The number of aliphatic hydroxyl groups excluding tert-OH is 1. The molecular formula is C25H27ClO6. The number of Topliss-reactive ketones (excluding diaryl/α,β-unsaturated/α-hetero) is 2. The summed E-state index contributed by atoms with van der Waals surface area (Å²) < 4.78 is 6.29. The molecule has 7 heteroatoms. The third-order valence-corrected chi connectivity index (χ3v) is 7.39. The fraction of sp³-hybridized carbons (Fsp3) is 0.440. The summed E-state index contributed by atoms with van der Waals surface area (Å²) in [5.41, 5.74) is -1.36. The fourth-order valence-electron chi connectivity index (χ4n) is 4.68. The third-order valence-electron chi connectivity index (χ3n) is 6.74. The van der Waals surface area contributed by atoms with Gasteiger partial charge in [0, 0.05) is 29.5 Å². The maximum Gasteiger partial charge on any atom is 0.200 e. The van der Waals surface area contributed by atoms with Crippen LogP contribution in [0.2, 0.25) is 0 Å². The second kappa shape index (κ2) is 7.58. The summed E-state index contributed by atoms with van der Waals surface area (Å²) in [4.78, 5) is 27.5. The number of aliphatic hydroxyl groups is 1. The molecule has 6 rings (SSSR count). The van der Waals surface area contributed by atoms with E-state index in [4.69, 9.17) is 16.3 Å². The van der Waals surface area contributed by atoms with E-state index in [0.717, 1.165) is 5.57 Å². The van der Waals surface area contributed by atoms with E-state index in [9.17, 15) is 24.9 Å². The number of aromatic hydroxyl groups is 2. The van der Waals surface area contributed by atoms with Crippen molar-refractivity contribution in [1.29, 1.82) is 0 Å². The Morgan fingerprint density at radius 2 is 1.94 bits per heavy atom. The number of ether oxygens (including phenoxy) is 1. The van der Waals surface area contributed by atoms with Crippen LogP contribution in [-0.2, 0) is 11.2 Å². The SMILES string of the molecule is C=C1Cc2c(O)cc3c(c2O)C(=O)C2=CC(Cl)C(C)(C)OC2(CC=C(C)CCC1O)C3=O. The number of carbonyl (C=O) groups excluding carboxylic acids is 2. The van der Waals surface area contributed by atoms with Crippen LogP contribution < -0.4 is 0 Å². The lowest BCUT2D eigenvalue weighted by molar-refractivity contribution is -0.103. The number of phenolic OH excluding ortho intramolecular Hbond substituents is 2. The molecule has 0 radical (unpaired) electrons. The van der Waals surface area contributed by atoms with Crippen molar-refractivity contribution in [2.24, 2.45) is 0 Å². The Morgan fingerprint density at radius 1 is 1.25 bits per heavy atom. The van der Waals surface area contributed by atoms with Gasteiger partial charge in [-0.1, -0.05) is 24.3 Å². The van der Waals surface area contributed by atoms with Crippen LogP contribution >= 0.6 is 11.6 Å². The van der Waals surface area contributed by atoms with E-state index >= 15 is 0 Å². The Morgan fingerprint density at radius 3 is 2.62 bits per heavy atom. The van der Waals surface area contributed by atoms with Gasteiger partial charge in [-0.3, -0.25) is 9.59 Å². The van der Waals surface area contributed by atoms with Crippen molar-refractivity contribution in [2.45, 2.75) is 69.1 Å². The van der Waals surface area contributed by atoms with E-state index in [1.807, 2.05) is 13.0 Å². The lowest BCUT2D eigenvalue weighted by atomic mass is 9.69. The summed E-state index contributed by atoms with van der Waals surface area (Å²) in [5.74, 6) is -1.89. The van der Waals surface area contributed by atoms with Crippen LogP contribution in [0.3, 0.4) is 0 Å². The molecule has 3 atom stereocenters. The second-order valence-corrected chi connectivity index (χ2v) is 9.93. The maximum absolute atomic E-state index is 13.8. The molecule has 1 heterocycles. The minimum absolute atomic E-state index is 0.0395. The van der Waals surface area contributed by atoms with Gasteiger partial charge in [-0.25, -0.2) is 0 Å². The smallest absolute Gasteiger partial charge is 0.200 e. The molecule has 1 aromatic carbocycles. The number of phenols is 2. The molecule has 5 aliphatic rings. The standard InChI is InChI=1S/C25H27ClO6/c1-12-5-6-17(27)13(2)9-14-18(28)10-15-20(21(14)29)22(30)16-11-19(26)24(3,4)32-25(16,8-7-12)23(15)31/h7,10-11,17,19,27-29H,2,5-6,8-9H2,1,3-4H3. The first-order valence-electron chi connectivity index (χ1n) is 10.6. The zero-order valence-corrected chi connectivity index (χ0v) is 19.1. The zero-order valence-electron chi connectivity index (χ0n) is 18.4. The summed E-state index contributed by atoms with van der Waals surface area (Å²) >= 11 is 6.49. The number of fused-ring (bicyclic) bond motifs is 1. The van der Waals surface area contributed by atoms with Crippen molar-refractivity contribution in [3.63, 3.8) is 0 Å². The van der Waals surface area contributed by atoms with Crippen molar-refractivity contribution < 1.29 is 29.6 Å². The first kappa shape index (κ1) is 22.8. The minimum Gasteiger partial charge on any atom is -0.507 e. The van der Waals surface area contributed by atoms with Crippen molar-refractivity contribution in [1.82, 2.24) is 0 Å². The highest BCUT2D eigenvalue weighted by atomic mass is 35.5. The third kappa shape index (κ3) is 3.33. The van der Waals surface area contributed by atoms with Gasteiger partial charge in [0.2, 0.25) is 5.78 Å². The molecule has 4 aliphatic carbocycles. The number of benzene rings is 1. The molecule has 0 saturated carbocycles. The number of ketones is 2. The highest BCUT2D eigenvalue weighted by Gasteiger charge is 2.57. The van der Waals surface area contributed by atoms with Crippen LogP contribution in [0.1, 0.15) is 66.3 Å². The van der Waals surface area contributed by atoms with Crippen LogP contribution in [0.5, 0.6) is 11.5 Å². The number of halogens is 1. The monoisotopic (exact) mass is 458 g/mol. The highest BCUT2D eigenvalue weighted by molar-refractivity contribution is 6.30. The Labute approximate surface area is 191 Å². The van der Waals surface area contributed by atoms with Crippen LogP contribution in [0.25, 0.3) is 0 Å². The Hall–Kier alpha value is -2.41. The molecule has 0 aromatic heterocycles. The van der Waals surface area contributed by atoms with Gasteiger partial charge in [0.1, 0.15) is 11.5 Å². The molecule has 0 saturated heterocycles. The molecular weight excluding hydrogens is 432 g/mol. The van der Waals surface area contributed by atoms with E-state index in [1.165, 1.54) is 6.07 Å². The average molecular weight is 459 g/mol. The highest BCUT2D eigenvalue weighted by Crippen LogP contribution is 2.50. The van der Waals surface area contributed by atoms with Gasteiger partial charge >= 0.3 is 0 Å². The predicted molar refractivity (Wildman–Crippen MR) is 121 cm³/mol. The number of rotatable bonds is 0. The molecule has 6 nitrogen and oxygen atoms in total. The van der Waals surface area contributed by atoms with Gasteiger partial charge in [-0.2, -0.15) is 0 Å². The van der Waals surface area contributed by atoms with Crippen LogP contribution in [-0.4, -0.2) is 49.6 Å². The second-order valence-electron chi connectivity index (χ2n) is 9.46. The number of allylic oxidation sites excluding steroid dienone is 1. The number of carbonyl (C=O) groups is 2. The van der Waals surface area contributed by atoms with E-state index in [1.54, 1.807) is 19.9 Å². The molecule has 1 spiro atoms. The molecule has 4 bridgehead atoms. The molecule has 1 aromatic rings. The molecule has 0 fully saturated rings. The molecule has 1 aliphatic heterocycles. The lowest BCUT2D eigenvalue weighted by Crippen LogP contribution is -2.58. The van der Waals surface area contributed by atoms with Crippen LogP contribution in [0.15, 0.2) is 41.5 Å². The topological polar surface area (TPSA) is 104 Å². The van der Waals surface area contributed by atoms with Gasteiger partial charge in [0.25, 0.3) is 0 Å². The van der Waals surface area contributed by atoms with E-state index in [2.05, 4.69) is 6.58 Å². The fourth-order valence-corrected chi connectivity index (χ4v) is 4.85. The van der Waals surface area contributed by atoms with E-state index in [0.29, 0.717) is 18.4 Å². The summed E-state index contributed by atoms with van der Waals surface area (Å²) in [7, 11) is 0. The largest absolute Gasteiger partial charge is 0.507 e. The number of alkyl halides is 1.